The maximum absolute atomic E-state index is 8.94. The summed E-state index contributed by atoms with van der Waals surface area (Å²) in [5, 5.41) is 0. The first kappa shape index (κ1) is 10.2. The van der Waals surface area contributed by atoms with Gasteiger partial charge in [0.2, 0.25) is 0 Å². The quantitative estimate of drug-likeness (QED) is 0.420. The second-order valence-electron chi connectivity index (χ2n) is 0.513. The molecule has 0 aliphatic carbocycles. The average Bonchev–Trinajstić information content (AvgIpc) is 0.722. The summed E-state index contributed by atoms with van der Waals surface area (Å²) in [7, 11) is 0. The third-order valence-electron chi connectivity index (χ3n) is 0. The largest absolute Gasteiger partial charge is 0 e. The number of rotatable bonds is 0. The Balaban J connectivity index is 0. The predicted molar refractivity (Wildman–Crippen MR) is 18.9 cm³/mol. The van der Waals surface area contributed by atoms with Crippen LogP contribution in [0.4, 0.5) is 0 Å². The van der Waals surface area contributed by atoms with E-state index in [1.807, 2.05) is 0 Å². The van der Waals surface area contributed by atoms with E-state index in [4.69, 9.17) is 16.0 Å². The molecule has 3 radical (unpaired) electrons. The van der Waals surface area contributed by atoms with E-state index >= 15 is 0 Å². The van der Waals surface area contributed by atoms with E-state index in [2.05, 4.69) is 0 Å². The molecular formula is H3AsBiO4. The minimum Gasteiger partial charge on any atom is 0 e. The Morgan fingerprint density at radius 1 is 1.17 bits per heavy atom. The van der Waals surface area contributed by atoms with Crippen molar-refractivity contribution in [2.45, 2.75) is 0 Å². The summed E-state index contributed by atoms with van der Waals surface area (Å²) in [6.07, 6.45) is 0. The van der Waals surface area contributed by atoms with E-state index in [0.29, 0.717) is 0 Å². The molecule has 37 valence electrons. The maximum atomic E-state index is 8.94. The molecule has 0 unspecified atom stereocenters. The number of hydrogen-bond acceptors (Lipinski definition) is 1. The molecule has 3 N–H and O–H groups in total. The van der Waals surface area contributed by atoms with Gasteiger partial charge in [-0.05, 0) is 0 Å². The minimum absolute atomic E-state index is 0. The fraction of sp³-hybridized carbons (Fsp3) is 0. The molecule has 6 heavy (non-hydrogen) atoms. The molecule has 0 aromatic carbocycles. The first-order valence-corrected chi connectivity index (χ1v) is 4.07. The van der Waals surface area contributed by atoms with Gasteiger partial charge in [-0.15, -0.1) is 0 Å². The van der Waals surface area contributed by atoms with Crippen molar-refractivity contribution < 1.29 is 16.0 Å². The Morgan fingerprint density at radius 3 is 1.17 bits per heavy atom. The van der Waals surface area contributed by atoms with Crippen molar-refractivity contribution in [3.63, 3.8) is 0 Å². The Morgan fingerprint density at radius 2 is 1.17 bits per heavy atom. The van der Waals surface area contributed by atoms with E-state index in [1.54, 1.807) is 0 Å². The molecule has 0 fully saturated rings. The molecule has 0 bridgehead atoms. The van der Waals surface area contributed by atoms with Gasteiger partial charge < -0.3 is 0 Å². The zero-order valence-electron chi connectivity index (χ0n) is 2.64. The van der Waals surface area contributed by atoms with Gasteiger partial charge in [-0.2, -0.15) is 0 Å². The van der Waals surface area contributed by atoms with Crippen LogP contribution in [0.25, 0.3) is 0 Å². The molecule has 4 nitrogen and oxygen atoms in total. The summed E-state index contributed by atoms with van der Waals surface area (Å²) >= 11 is -5.12. The Kier molecular flexibility index (Phi) is 5.37. The summed E-state index contributed by atoms with van der Waals surface area (Å²) < 4.78 is 30.7. The van der Waals surface area contributed by atoms with Gasteiger partial charge in [-0.25, -0.2) is 0 Å². The predicted octanol–water partition coefficient (Wildman–Crippen LogP) is -2.55. The monoisotopic (exact) mass is 351 g/mol. The van der Waals surface area contributed by atoms with Crippen LogP contribution in [0.5, 0.6) is 0 Å². The minimum atomic E-state index is -5.12. The van der Waals surface area contributed by atoms with Crippen molar-refractivity contribution in [3.8, 4) is 0 Å². The summed E-state index contributed by atoms with van der Waals surface area (Å²) in [6, 6.07) is 0. The average molecular weight is 351 g/mol. The molecule has 0 aliphatic rings. The SMILES string of the molecule is O=[As](O)(O)O.[Bi]. The van der Waals surface area contributed by atoms with Gasteiger partial charge >= 0.3 is 30.5 Å². The molecule has 6 heteroatoms. The van der Waals surface area contributed by atoms with Crippen LogP contribution < -0.4 is 0 Å². The van der Waals surface area contributed by atoms with Crippen molar-refractivity contribution in [3.05, 3.63) is 0 Å². The van der Waals surface area contributed by atoms with Crippen LogP contribution in [-0.4, -0.2) is 53.0 Å². The fourth-order valence-electron chi connectivity index (χ4n) is 0. The van der Waals surface area contributed by atoms with Crippen molar-refractivity contribution in [1.82, 2.24) is 0 Å². The van der Waals surface area contributed by atoms with Crippen LogP contribution in [-0.2, 0) is 3.74 Å². The molecule has 0 saturated heterocycles. The topological polar surface area (TPSA) is 77.8 Å². The van der Waals surface area contributed by atoms with E-state index in [9.17, 15) is 0 Å². The molecule has 0 heterocycles. The van der Waals surface area contributed by atoms with Crippen LogP contribution in [0.2, 0.25) is 0 Å². The fourth-order valence-corrected chi connectivity index (χ4v) is 0. The first-order valence-electron chi connectivity index (χ1n) is 0.783. The summed E-state index contributed by atoms with van der Waals surface area (Å²) in [6.45, 7) is 0. The van der Waals surface area contributed by atoms with Crippen LogP contribution in [0.15, 0.2) is 0 Å². The standard InChI is InChI=1S/AsH3O4.Bi/c2-1(3,4)5;/h(H3,2,3,4,5);. The molecule has 0 aliphatic heterocycles. The Bertz CT molecular complexity index is 53.7. The van der Waals surface area contributed by atoms with Gasteiger partial charge in [0.25, 0.3) is 0 Å². The van der Waals surface area contributed by atoms with Crippen molar-refractivity contribution in [2.24, 2.45) is 0 Å². The maximum Gasteiger partial charge on any atom is 0 e. The van der Waals surface area contributed by atoms with E-state index in [-0.39, 0.29) is 26.2 Å². The van der Waals surface area contributed by atoms with Gasteiger partial charge in [-0.3, -0.25) is 0 Å². The van der Waals surface area contributed by atoms with Crippen molar-refractivity contribution >= 4 is 40.7 Å². The van der Waals surface area contributed by atoms with Gasteiger partial charge in [0.1, 0.15) is 0 Å². The van der Waals surface area contributed by atoms with Crippen LogP contribution in [0.3, 0.4) is 0 Å². The summed E-state index contributed by atoms with van der Waals surface area (Å²) in [5.74, 6) is 0. The molecular weight excluding hydrogens is 348 g/mol. The summed E-state index contributed by atoms with van der Waals surface area (Å²) in [4.78, 5) is 0. The zero-order chi connectivity index (χ0) is 4.50. The molecule has 0 aromatic rings. The molecule has 0 spiro atoms. The van der Waals surface area contributed by atoms with Crippen molar-refractivity contribution in [1.29, 1.82) is 0 Å². The van der Waals surface area contributed by atoms with E-state index in [0.717, 1.165) is 0 Å². The van der Waals surface area contributed by atoms with Gasteiger partial charge in [0.05, 0.1) is 0 Å². The second-order valence-corrected chi connectivity index (χ2v) is 2.67. The van der Waals surface area contributed by atoms with Crippen LogP contribution in [0.1, 0.15) is 0 Å². The third-order valence-corrected chi connectivity index (χ3v) is 0. The zero-order valence-corrected chi connectivity index (χ0v) is 8.00. The summed E-state index contributed by atoms with van der Waals surface area (Å²) in [5.41, 5.74) is 0. The van der Waals surface area contributed by atoms with Gasteiger partial charge in [0.15, 0.2) is 0 Å². The molecule has 0 amide bonds. The second kappa shape index (κ2) is 3.17. The normalized spacial score (nSPS) is 9.83. The molecule has 0 atom stereocenters. The molecule has 0 saturated carbocycles. The van der Waals surface area contributed by atoms with Crippen molar-refractivity contribution in [2.75, 3.05) is 0 Å². The van der Waals surface area contributed by atoms with Gasteiger partial charge in [-0.1, -0.05) is 0 Å². The van der Waals surface area contributed by atoms with E-state index < -0.39 is 14.5 Å². The number of hydrogen-bond donors (Lipinski definition) is 3. The first-order chi connectivity index (χ1) is 2.00. The molecule has 0 aromatic heterocycles. The third kappa shape index (κ3) is 69.2. The van der Waals surface area contributed by atoms with Crippen LogP contribution >= 0.6 is 0 Å². The Hall–Kier alpha value is 1.12. The Labute approximate surface area is 56.7 Å². The van der Waals surface area contributed by atoms with Crippen LogP contribution in [0, 0.1) is 0 Å². The van der Waals surface area contributed by atoms with Gasteiger partial charge in [0, 0.05) is 26.2 Å². The molecule has 0 rings (SSSR count). The smallest absolute Gasteiger partial charge is 0 e. The van der Waals surface area contributed by atoms with E-state index in [1.165, 1.54) is 0 Å².